The molecule has 1 amide bonds. The summed E-state index contributed by atoms with van der Waals surface area (Å²) in [4.78, 5) is 21.2. The summed E-state index contributed by atoms with van der Waals surface area (Å²) in [6, 6.07) is 6.32. The van der Waals surface area contributed by atoms with Gasteiger partial charge in [-0.25, -0.2) is 0 Å². The fourth-order valence-electron chi connectivity index (χ4n) is 4.40. The Morgan fingerprint density at radius 3 is 2.64 bits per heavy atom. The predicted molar refractivity (Wildman–Crippen MR) is 115 cm³/mol. The van der Waals surface area contributed by atoms with Gasteiger partial charge in [-0.3, -0.25) is 14.7 Å². The van der Waals surface area contributed by atoms with Crippen molar-refractivity contribution in [3.8, 4) is 5.69 Å². The largest absolute Gasteiger partial charge is 0.317 e. The van der Waals surface area contributed by atoms with E-state index in [1.54, 1.807) is 6.20 Å². The molecule has 0 bridgehead atoms. The maximum atomic E-state index is 13.2. The van der Waals surface area contributed by atoms with Gasteiger partial charge in [0.1, 0.15) is 5.70 Å². The molecular weight excluding hydrogens is 368 g/mol. The fourth-order valence-corrected chi connectivity index (χ4v) is 4.73. The number of aromatic nitrogens is 2. The monoisotopic (exact) mass is 394 g/mol. The molecule has 2 fully saturated rings. The van der Waals surface area contributed by atoms with Gasteiger partial charge in [0.2, 0.25) is 0 Å². The molecule has 28 heavy (non-hydrogen) atoms. The molecule has 2 aromatic rings. The first kappa shape index (κ1) is 18.9. The van der Waals surface area contributed by atoms with Crippen LogP contribution in [0.1, 0.15) is 49.1 Å². The van der Waals surface area contributed by atoms with E-state index in [0.29, 0.717) is 10.8 Å². The molecule has 4 rings (SSSR count). The van der Waals surface area contributed by atoms with E-state index >= 15 is 0 Å². The first-order valence-corrected chi connectivity index (χ1v) is 10.3. The molecule has 1 aliphatic heterocycles. The van der Waals surface area contributed by atoms with E-state index in [2.05, 4.69) is 29.5 Å². The van der Waals surface area contributed by atoms with Crippen LogP contribution in [0.5, 0.6) is 0 Å². The molecule has 1 saturated carbocycles. The molecule has 6 heteroatoms. The quantitative estimate of drug-likeness (QED) is 0.577. The lowest BCUT2D eigenvalue weighted by Crippen LogP contribution is -2.41. The third kappa shape index (κ3) is 3.15. The minimum absolute atomic E-state index is 0.0329. The van der Waals surface area contributed by atoms with E-state index in [9.17, 15) is 4.79 Å². The molecule has 146 valence electrons. The summed E-state index contributed by atoms with van der Waals surface area (Å²) in [5.41, 5.74) is 4.90. The Bertz CT molecular complexity index is 941. The minimum Gasteiger partial charge on any atom is -0.317 e. The van der Waals surface area contributed by atoms with E-state index in [1.807, 2.05) is 41.3 Å². The lowest BCUT2D eigenvalue weighted by atomic mass is 9.94. The van der Waals surface area contributed by atoms with Crippen LogP contribution >= 0.6 is 12.2 Å². The van der Waals surface area contributed by atoms with Gasteiger partial charge in [0, 0.05) is 30.7 Å². The standard InChI is InChI=1S/C22H26N4OS/c1-15-12-17(16(2)25(15)19-10-7-11-23-14-19)13-20-21(27)26(22(28)24(20)3)18-8-5-4-6-9-18/h7,10-14,18H,4-6,8-9H2,1-3H3/b20-13-. The zero-order valence-electron chi connectivity index (χ0n) is 16.7. The second-order valence-electron chi connectivity index (χ2n) is 7.71. The Kier molecular flexibility index (Phi) is 5.06. The Labute approximate surface area is 171 Å². The van der Waals surface area contributed by atoms with Gasteiger partial charge in [0.25, 0.3) is 5.91 Å². The van der Waals surface area contributed by atoms with Crippen LogP contribution in [-0.4, -0.2) is 43.5 Å². The van der Waals surface area contributed by atoms with Crippen LogP contribution in [0.25, 0.3) is 11.8 Å². The van der Waals surface area contributed by atoms with Crippen LogP contribution in [0.4, 0.5) is 0 Å². The maximum Gasteiger partial charge on any atom is 0.277 e. The molecule has 0 aromatic carbocycles. The van der Waals surface area contributed by atoms with E-state index < -0.39 is 0 Å². The summed E-state index contributed by atoms with van der Waals surface area (Å²) in [6.45, 7) is 4.14. The zero-order chi connectivity index (χ0) is 19.8. The van der Waals surface area contributed by atoms with Crippen molar-refractivity contribution >= 4 is 29.3 Å². The van der Waals surface area contributed by atoms with E-state index in [4.69, 9.17) is 12.2 Å². The van der Waals surface area contributed by atoms with Gasteiger partial charge < -0.3 is 9.47 Å². The number of rotatable bonds is 3. The third-order valence-electron chi connectivity index (χ3n) is 5.90. The molecular formula is C22H26N4OS. The van der Waals surface area contributed by atoms with E-state index in [-0.39, 0.29) is 11.9 Å². The number of aryl methyl sites for hydroxylation is 1. The van der Waals surface area contributed by atoms with E-state index in [0.717, 1.165) is 35.5 Å². The highest BCUT2D eigenvalue weighted by Crippen LogP contribution is 2.31. The molecule has 1 saturated heterocycles. The molecule has 2 aliphatic rings. The first-order valence-electron chi connectivity index (χ1n) is 9.91. The van der Waals surface area contributed by atoms with Crippen LogP contribution in [-0.2, 0) is 4.79 Å². The zero-order valence-corrected chi connectivity index (χ0v) is 17.5. The van der Waals surface area contributed by atoms with Crippen molar-refractivity contribution < 1.29 is 4.79 Å². The third-order valence-corrected chi connectivity index (χ3v) is 6.37. The van der Waals surface area contributed by atoms with Crippen molar-refractivity contribution in [2.75, 3.05) is 7.05 Å². The second-order valence-corrected chi connectivity index (χ2v) is 8.08. The Balaban J connectivity index is 1.69. The maximum absolute atomic E-state index is 13.2. The number of carbonyl (C=O) groups excluding carboxylic acids is 1. The van der Waals surface area contributed by atoms with Crippen molar-refractivity contribution in [2.45, 2.75) is 52.0 Å². The van der Waals surface area contributed by atoms with Crippen LogP contribution in [0, 0.1) is 13.8 Å². The normalized spacial score (nSPS) is 19.9. The lowest BCUT2D eigenvalue weighted by Gasteiger charge is -2.30. The highest BCUT2D eigenvalue weighted by Gasteiger charge is 2.40. The summed E-state index contributed by atoms with van der Waals surface area (Å²) in [6.07, 6.45) is 11.3. The molecule has 0 spiro atoms. The second kappa shape index (κ2) is 7.51. The predicted octanol–water partition coefficient (Wildman–Crippen LogP) is 4.22. The molecule has 2 aromatic heterocycles. The summed E-state index contributed by atoms with van der Waals surface area (Å²) in [5.74, 6) is 0.0329. The van der Waals surface area contributed by atoms with Crippen LogP contribution < -0.4 is 0 Å². The number of pyridine rings is 1. The summed E-state index contributed by atoms with van der Waals surface area (Å²) >= 11 is 5.63. The van der Waals surface area contributed by atoms with E-state index in [1.165, 1.54) is 19.3 Å². The van der Waals surface area contributed by atoms with Crippen LogP contribution in [0.2, 0.25) is 0 Å². The number of carbonyl (C=O) groups is 1. The highest BCUT2D eigenvalue weighted by molar-refractivity contribution is 7.80. The molecule has 0 unspecified atom stereocenters. The fraction of sp³-hybridized carbons (Fsp3) is 0.409. The molecule has 5 nitrogen and oxygen atoms in total. The van der Waals surface area contributed by atoms with Crippen LogP contribution in [0.15, 0.2) is 36.3 Å². The minimum atomic E-state index is 0.0329. The number of nitrogens with zero attached hydrogens (tertiary/aromatic N) is 4. The lowest BCUT2D eigenvalue weighted by molar-refractivity contribution is -0.124. The topological polar surface area (TPSA) is 41.4 Å². The SMILES string of the molecule is Cc1cc(/C=C2/C(=O)N(C3CCCCC3)C(=S)N2C)c(C)n1-c1cccnc1. The smallest absolute Gasteiger partial charge is 0.277 e. The van der Waals surface area contributed by atoms with Gasteiger partial charge in [-0.05, 0) is 68.7 Å². The van der Waals surface area contributed by atoms with Gasteiger partial charge in [-0.1, -0.05) is 19.3 Å². The van der Waals surface area contributed by atoms with Gasteiger partial charge in [-0.15, -0.1) is 0 Å². The van der Waals surface area contributed by atoms with Crippen molar-refractivity contribution in [3.63, 3.8) is 0 Å². The van der Waals surface area contributed by atoms with Crippen LogP contribution in [0.3, 0.4) is 0 Å². The number of hydrogen-bond acceptors (Lipinski definition) is 3. The van der Waals surface area contributed by atoms with Gasteiger partial charge in [0.15, 0.2) is 5.11 Å². The summed E-state index contributed by atoms with van der Waals surface area (Å²) < 4.78 is 2.16. The molecule has 0 atom stereocenters. The summed E-state index contributed by atoms with van der Waals surface area (Å²) in [7, 11) is 1.90. The Morgan fingerprint density at radius 2 is 1.96 bits per heavy atom. The average Bonchev–Trinajstić information content (AvgIpc) is 3.10. The number of likely N-dealkylation sites (N-methyl/N-ethyl adjacent to an activating group) is 1. The van der Waals surface area contributed by atoms with Crippen molar-refractivity contribution in [1.82, 2.24) is 19.4 Å². The molecule has 1 aliphatic carbocycles. The van der Waals surface area contributed by atoms with Crippen molar-refractivity contribution in [3.05, 3.63) is 53.2 Å². The van der Waals surface area contributed by atoms with Gasteiger partial charge in [-0.2, -0.15) is 0 Å². The number of hydrogen-bond donors (Lipinski definition) is 0. The average molecular weight is 395 g/mol. The van der Waals surface area contributed by atoms with Gasteiger partial charge >= 0.3 is 0 Å². The molecule has 0 radical (unpaired) electrons. The van der Waals surface area contributed by atoms with Crippen molar-refractivity contribution in [1.29, 1.82) is 0 Å². The molecule has 0 N–H and O–H groups in total. The Hall–Kier alpha value is -2.47. The summed E-state index contributed by atoms with van der Waals surface area (Å²) in [5, 5.41) is 0.629. The van der Waals surface area contributed by atoms with Gasteiger partial charge in [0.05, 0.1) is 11.9 Å². The Morgan fingerprint density at radius 1 is 1.21 bits per heavy atom. The first-order chi connectivity index (χ1) is 13.5. The number of thiocarbonyl (C=S) groups is 1. The molecule has 3 heterocycles. The number of amides is 1. The highest BCUT2D eigenvalue weighted by atomic mass is 32.1. The van der Waals surface area contributed by atoms with Crippen molar-refractivity contribution in [2.24, 2.45) is 0 Å².